The number of amides is 4. The van der Waals surface area contributed by atoms with Crippen LogP contribution in [0.3, 0.4) is 0 Å². The quantitative estimate of drug-likeness (QED) is 0.190. The summed E-state index contributed by atoms with van der Waals surface area (Å²) in [6.07, 6.45) is 2.72. The third kappa shape index (κ3) is 11.6. The molecule has 0 spiro atoms. The highest BCUT2D eigenvalue weighted by molar-refractivity contribution is 7.91. The SMILES string of the molecule is COC(=O)c1ccc(CN(C(=O)N2CCS(=O)(=O)CC2)c2cccc(F)c2)nc1.NCC(=O)c1ccc(CN(C(=O)N2CCS(=O)(=O)CC2)c2cccc(F)c2)nc1. The van der Waals surface area contributed by atoms with Gasteiger partial charge in [-0.3, -0.25) is 24.6 Å². The van der Waals surface area contributed by atoms with Crippen molar-refractivity contribution in [3.8, 4) is 0 Å². The van der Waals surface area contributed by atoms with Gasteiger partial charge < -0.3 is 20.3 Å². The second-order valence-electron chi connectivity index (χ2n) is 13.2. The van der Waals surface area contributed by atoms with Gasteiger partial charge in [-0.25, -0.2) is 40.0 Å². The van der Waals surface area contributed by atoms with Crippen molar-refractivity contribution in [1.29, 1.82) is 0 Å². The molecule has 20 heteroatoms. The van der Waals surface area contributed by atoms with Crippen LogP contribution in [-0.2, 0) is 37.5 Å². The smallest absolute Gasteiger partial charge is 0.339 e. The minimum Gasteiger partial charge on any atom is -0.465 e. The normalized spacial score (nSPS) is 15.7. The van der Waals surface area contributed by atoms with E-state index in [4.69, 9.17) is 5.73 Å². The molecule has 2 fully saturated rings. The van der Waals surface area contributed by atoms with Gasteiger partial charge in [0.05, 0.1) is 66.7 Å². The van der Waals surface area contributed by atoms with Crippen LogP contribution in [0.1, 0.15) is 32.1 Å². The molecule has 0 bridgehead atoms. The number of halogens is 2. The molecule has 58 heavy (non-hydrogen) atoms. The molecule has 0 unspecified atom stereocenters. The summed E-state index contributed by atoms with van der Waals surface area (Å²) in [6.45, 7) is 0.209. The van der Waals surface area contributed by atoms with E-state index in [1.54, 1.807) is 30.3 Å². The number of anilines is 2. The van der Waals surface area contributed by atoms with Gasteiger partial charge in [0.1, 0.15) is 11.6 Å². The van der Waals surface area contributed by atoms with E-state index < -0.39 is 49.3 Å². The number of nitrogens with two attached hydrogens (primary N) is 1. The summed E-state index contributed by atoms with van der Waals surface area (Å²) < 4.78 is 78.8. The molecule has 4 aromatic rings. The third-order valence-corrected chi connectivity index (χ3v) is 12.4. The first kappa shape index (κ1) is 43.3. The molecule has 2 aromatic carbocycles. The number of aromatic nitrogens is 2. The summed E-state index contributed by atoms with van der Waals surface area (Å²) in [6, 6.07) is 16.5. The Hall–Kier alpha value is -5.86. The zero-order valence-corrected chi connectivity index (χ0v) is 33.0. The fourth-order valence-corrected chi connectivity index (χ4v) is 8.26. The van der Waals surface area contributed by atoms with Crippen LogP contribution in [0.2, 0.25) is 0 Å². The van der Waals surface area contributed by atoms with E-state index in [-0.39, 0.29) is 80.2 Å². The standard InChI is InChI=1S/C19H21FN4O4S.C19H20FN3O5S/c20-15-2-1-3-17(10-15)24(19(26)23-6-8-29(27,28)9-7-23)13-16-5-4-14(12-22-16)18(25)11-21;1-28-18(24)14-5-6-16(21-12-14)13-23(17-4-2-3-15(20)11-17)19(25)22-7-9-29(26,27)10-8-22/h1-5,10,12H,6-9,11,13,21H2;2-6,11-12H,7-10,13H2,1H3. The van der Waals surface area contributed by atoms with Crippen molar-refractivity contribution in [1.82, 2.24) is 19.8 Å². The van der Waals surface area contributed by atoms with Crippen LogP contribution < -0.4 is 15.5 Å². The van der Waals surface area contributed by atoms with Gasteiger partial charge in [-0.2, -0.15) is 0 Å². The van der Waals surface area contributed by atoms with Crippen LogP contribution >= 0.6 is 0 Å². The number of carbonyl (C=O) groups is 4. The van der Waals surface area contributed by atoms with Crippen LogP contribution in [0.4, 0.5) is 29.7 Å². The summed E-state index contributed by atoms with van der Waals surface area (Å²) in [5.74, 6) is -2.22. The van der Waals surface area contributed by atoms with E-state index >= 15 is 0 Å². The maximum Gasteiger partial charge on any atom is 0.339 e. The van der Waals surface area contributed by atoms with Crippen LogP contribution in [0.5, 0.6) is 0 Å². The Kier molecular flexibility index (Phi) is 14.2. The predicted octanol–water partition coefficient (Wildman–Crippen LogP) is 3.08. The molecule has 0 saturated carbocycles. The fourth-order valence-electron chi connectivity index (χ4n) is 5.86. The topological polar surface area (TPSA) is 211 Å². The van der Waals surface area contributed by atoms with Crippen LogP contribution in [0, 0.1) is 11.6 Å². The second-order valence-corrected chi connectivity index (χ2v) is 17.8. The molecule has 0 atom stereocenters. The molecule has 2 aliphatic heterocycles. The number of nitrogens with zero attached hydrogens (tertiary/aromatic N) is 6. The minimum absolute atomic E-state index is 0.0208. The Morgan fingerprint density at radius 2 is 1.09 bits per heavy atom. The van der Waals surface area contributed by atoms with E-state index in [2.05, 4.69) is 14.7 Å². The fraction of sp³-hybridized carbons (Fsp3) is 0.316. The largest absolute Gasteiger partial charge is 0.465 e. The molecule has 0 radical (unpaired) electrons. The average molecular weight is 842 g/mol. The van der Waals surface area contributed by atoms with Gasteiger partial charge in [0.25, 0.3) is 0 Å². The number of urea groups is 2. The molecule has 2 saturated heterocycles. The summed E-state index contributed by atoms with van der Waals surface area (Å²) in [7, 11) is -5.03. The number of benzene rings is 2. The maximum absolute atomic E-state index is 13.8. The Morgan fingerprint density at radius 1 is 0.672 bits per heavy atom. The number of hydrogen-bond donors (Lipinski definition) is 1. The Balaban J connectivity index is 0.000000221. The highest BCUT2D eigenvalue weighted by Gasteiger charge is 2.31. The first-order chi connectivity index (χ1) is 27.6. The highest BCUT2D eigenvalue weighted by Crippen LogP contribution is 2.23. The first-order valence-electron chi connectivity index (χ1n) is 17.8. The summed E-state index contributed by atoms with van der Waals surface area (Å²) in [4.78, 5) is 63.3. The van der Waals surface area contributed by atoms with E-state index in [1.165, 1.54) is 81.6 Å². The van der Waals surface area contributed by atoms with E-state index in [1.807, 2.05) is 0 Å². The van der Waals surface area contributed by atoms with Crippen LogP contribution in [-0.4, -0.2) is 123 Å². The summed E-state index contributed by atoms with van der Waals surface area (Å²) in [5, 5.41) is 0. The zero-order valence-electron chi connectivity index (χ0n) is 31.4. The van der Waals surface area contributed by atoms with Crippen LogP contribution in [0.15, 0.2) is 85.2 Å². The molecule has 308 valence electrons. The van der Waals surface area contributed by atoms with Gasteiger partial charge in [0.2, 0.25) is 0 Å². The average Bonchev–Trinajstić information content (AvgIpc) is 3.21. The monoisotopic (exact) mass is 841 g/mol. The minimum atomic E-state index is -3.15. The molecular weight excluding hydrogens is 801 g/mol. The Bertz CT molecular complexity index is 2160. The molecule has 0 aliphatic carbocycles. The number of methoxy groups -OCH3 is 1. The van der Waals surface area contributed by atoms with Gasteiger partial charge in [0, 0.05) is 55.5 Å². The van der Waals surface area contributed by atoms with Crippen LogP contribution in [0.25, 0.3) is 0 Å². The predicted molar refractivity (Wildman–Crippen MR) is 210 cm³/mol. The number of ether oxygens (including phenoxy) is 1. The number of carbonyl (C=O) groups excluding carboxylic acids is 4. The number of rotatable bonds is 9. The number of ketones is 1. The second kappa shape index (κ2) is 19.1. The van der Waals surface area contributed by atoms with Crippen molar-refractivity contribution in [2.24, 2.45) is 5.73 Å². The third-order valence-electron chi connectivity index (χ3n) is 9.15. The number of hydrogen-bond acceptors (Lipinski definition) is 12. The molecule has 4 heterocycles. The lowest BCUT2D eigenvalue weighted by Gasteiger charge is -2.32. The van der Waals surface area contributed by atoms with Crippen molar-refractivity contribution in [2.45, 2.75) is 13.1 Å². The maximum atomic E-state index is 13.8. The molecule has 2 N–H and O–H groups in total. The van der Waals surface area contributed by atoms with Crippen molar-refractivity contribution >= 4 is 54.9 Å². The van der Waals surface area contributed by atoms with E-state index in [9.17, 15) is 44.8 Å². The lowest BCUT2D eigenvalue weighted by atomic mass is 10.1. The lowest BCUT2D eigenvalue weighted by Crippen LogP contribution is -2.49. The van der Waals surface area contributed by atoms with Gasteiger partial charge in [-0.05, 0) is 60.7 Å². The summed E-state index contributed by atoms with van der Waals surface area (Å²) in [5.41, 5.74) is 7.57. The van der Waals surface area contributed by atoms with Crippen molar-refractivity contribution in [3.63, 3.8) is 0 Å². The molecule has 2 aliphatic rings. The van der Waals surface area contributed by atoms with Gasteiger partial charge in [0.15, 0.2) is 25.5 Å². The molecule has 6 rings (SSSR count). The van der Waals surface area contributed by atoms with Gasteiger partial charge in [-0.15, -0.1) is 0 Å². The molecular formula is C38H41F2N7O9S2. The van der Waals surface area contributed by atoms with Crippen molar-refractivity contribution < 1.29 is 49.5 Å². The first-order valence-corrected chi connectivity index (χ1v) is 21.5. The molecule has 16 nitrogen and oxygen atoms in total. The van der Waals surface area contributed by atoms with E-state index in [0.717, 1.165) is 0 Å². The number of esters is 1. The lowest BCUT2D eigenvalue weighted by molar-refractivity contribution is 0.0600. The zero-order chi connectivity index (χ0) is 42.0. The summed E-state index contributed by atoms with van der Waals surface area (Å²) >= 11 is 0. The Morgan fingerprint density at radius 3 is 1.43 bits per heavy atom. The van der Waals surface area contributed by atoms with E-state index in [0.29, 0.717) is 28.3 Å². The van der Waals surface area contributed by atoms with Gasteiger partial charge in [-0.1, -0.05) is 12.1 Å². The highest BCUT2D eigenvalue weighted by atomic mass is 32.2. The number of pyridine rings is 2. The van der Waals surface area contributed by atoms with Crippen molar-refractivity contribution in [2.75, 3.05) is 72.6 Å². The molecule has 4 amide bonds. The number of Topliss-reactive ketones (excluding diaryl/α,β-unsaturated/α-hetero) is 1. The Labute approximate surface area is 334 Å². The van der Waals surface area contributed by atoms with Crippen molar-refractivity contribution in [3.05, 3.63) is 119 Å². The number of sulfone groups is 2. The molecule has 2 aromatic heterocycles. The van der Waals surface area contributed by atoms with Gasteiger partial charge >= 0.3 is 18.0 Å².